The lowest BCUT2D eigenvalue weighted by atomic mass is 10.1. The second-order valence-corrected chi connectivity index (χ2v) is 5.89. The van der Waals surface area contributed by atoms with Gasteiger partial charge in [-0.25, -0.2) is 5.06 Å². The number of hydrogen-bond donors (Lipinski definition) is 1. The summed E-state index contributed by atoms with van der Waals surface area (Å²) in [6, 6.07) is 6.49. The fourth-order valence-corrected chi connectivity index (χ4v) is 2.53. The largest absolute Gasteiger partial charge is 0.377 e. The Hall–Kier alpha value is -2.22. The van der Waals surface area contributed by atoms with E-state index in [1.807, 2.05) is 24.3 Å². The van der Waals surface area contributed by atoms with Gasteiger partial charge in [0.1, 0.15) is 6.04 Å². The summed E-state index contributed by atoms with van der Waals surface area (Å²) in [6.45, 7) is 1.94. The summed E-state index contributed by atoms with van der Waals surface area (Å²) < 4.78 is 11.1. The van der Waals surface area contributed by atoms with Gasteiger partial charge in [0.2, 0.25) is 0 Å². The molecule has 1 N–H and O–H groups in total. The van der Waals surface area contributed by atoms with E-state index in [2.05, 4.69) is 5.32 Å². The number of hydroxylamine groups is 2. The van der Waals surface area contributed by atoms with E-state index in [1.54, 1.807) is 12.1 Å². The zero-order valence-electron chi connectivity index (χ0n) is 15.3. The van der Waals surface area contributed by atoms with Crippen LogP contribution in [0.4, 0.5) is 0 Å². The minimum atomic E-state index is -0.734. The topological polar surface area (TPSA) is 77.1 Å². The molecule has 142 valence electrons. The van der Waals surface area contributed by atoms with Crippen molar-refractivity contribution in [3.8, 4) is 0 Å². The van der Waals surface area contributed by atoms with Crippen LogP contribution < -0.4 is 5.32 Å². The molecule has 0 spiro atoms. The first kappa shape index (κ1) is 20.1. The van der Waals surface area contributed by atoms with E-state index in [9.17, 15) is 9.59 Å². The van der Waals surface area contributed by atoms with Crippen molar-refractivity contribution >= 4 is 11.8 Å². The van der Waals surface area contributed by atoms with Gasteiger partial charge >= 0.3 is 0 Å². The quantitative estimate of drug-likeness (QED) is 0.640. The van der Waals surface area contributed by atoms with Gasteiger partial charge in [0.15, 0.2) is 0 Å². The van der Waals surface area contributed by atoms with Gasteiger partial charge in [0.25, 0.3) is 11.8 Å². The van der Waals surface area contributed by atoms with Crippen LogP contribution in [0.2, 0.25) is 0 Å². The smallest absolute Gasteiger partial charge is 0.268 e. The van der Waals surface area contributed by atoms with E-state index in [-0.39, 0.29) is 11.8 Å². The Bertz CT molecular complexity index is 632. The van der Waals surface area contributed by atoms with E-state index in [0.29, 0.717) is 38.4 Å². The first-order chi connectivity index (χ1) is 12.6. The number of carbonyl (C=O) groups excluding carboxylic acids is 2. The number of nitrogens with zero attached hydrogens (tertiary/aromatic N) is 1. The fourth-order valence-electron chi connectivity index (χ4n) is 2.53. The van der Waals surface area contributed by atoms with Crippen LogP contribution in [-0.4, -0.2) is 56.9 Å². The summed E-state index contributed by atoms with van der Waals surface area (Å²) >= 11 is 0. The van der Waals surface area contributed by atoms with Gasteiger partial charge in [-0.1, -0.05) is 30.4 Å². The van der Waals surface area contributed by atoms with Crippen molar-refractivity contribution < 1.29 is 23.9 Å². The molecule has 26 heavy (non-hydrogen) atoms. The number of amides is 2. The van der Waals surface area contributed by atoms with E-state index in [4.69, 9.17) is 14.3 Å². The Balaban J connectivity index is 2.22. The normalized spacial score (nSPS) is 19.6. The van der Waals surface area contributed by atoms with Gasteiger partial charge in [0.05, 0.1) is 20.3 Å². The highest BCUT2D eigenvalue weighted by Crippen LogP contribution is 2.12. The van der Waals surface area contributed by atoms with Gasteiger partial charge in [-0.05, 0) is 24.5 Å². The molecule has 0 saturated carbocycles. The molecule has 1 aromatic rings. The van der Waals surface area contributed by atoms with Crippen molar-refractivity contribution in [1.29, 1.82) is 0 Å². The molecule has 7 nitrogen and oxygen atoms in total. The Morgan fingerprint density at radius 3 is 2.81 bits per heavy atom. The lowest BCUT2D eigenvalue weighted by molar-refractivity contribution is -0.170. The van der Waals surface area contributed by atoms with Crippen molar-refractivity contribution in [2.75, 3.05) is 34.0 Å². The van der Waals surface area contributed by atoms with Gasteiger partial charge < -0.3 is 14.8 Å². The molecule has 0 aliphatic carbocycles. The molecule has 0 bridgehead atoms. The molecule has 0 unspecified atom stereocenters. The SMILES string of the molecule is CON(C)C(=O)[C@@H]1CC=CCOCCCOCc2ccccc2C(=O)N1. The van der Waals surface area contributed by atoms with Crippen molar-refractivity contribution in [2.24, 2.45) is 0 Å². The number of rotatable bonds is 2. The van der Waals surface area contributed by atoms with Crippen molar-refractivity contribution in [1.82, 2.24) is 10.4 Å². The first-order valence-corrected chi connectivity index (χ1v) is 8.64. The van der Waals surface area contributed by atoms with Crippen molar-refractivity contribution in [3.63, 3.8) is 0 Å². The van der Waals surface area contributed by atoms with Gasteiger partial charge in [-0.15, -0.1) is 0 Å². The molecule has 0 fully saturated rings. The number of fused-ring (bicyclic) bond motifs is 1. The Morgan fingerprint density at radius 1 is 1.23 bits per heavy atom. The molecule has 1 atom stereocenters. The maximum absolute atomic E-state index is 12.7. The van der Waals surface area contributed by atoms with Gasteiger partial charge in [-0.2, -0.15) is 0 Å². The Labute approximate surface area is 153 Å². The number of likely N-dealkylation sites (N-methyl/N-ethyl adjacent to an activating group) is 1. The average Bonchev–Trinajstić information content (AvgIpc) is 2.67. The maximum Gasteiger partial charge on any atom is 0.268 e. The molecule has 2 amide bonds. The summed E-state index contributed by atoms with van der Waals surface area (Å²) in [4.78, 5) is 30.2. The summed E-state index contributed by atoms with van der Waals surface area (Å²) in [7, 11) is 2.92. The summed E-state index contributed by atoms with van der Waals surface area (Å²) in [5.41, 5.74) is 1.28. The van der Waals surface area contributed by atoms with Crippen LogP contribution in [0.3, 0.4) is 0 Å². The highest BCUT2D eigenvalue weighted by molar-refractivity contribution is 5.98. The number of nitrogens with one attached hydrogen (secondary N) is 1. The van der Waals surface area contributed by atoms with Crippen LogP contribution in [0.15, 0.2) is 36.4 Å². The molecule has 1 aromatic carbocycles. The minimum absolute atomic E-state index is 0.313. The van der Waals surface area contributed by atoms with Crippen LogP contribution in [0, 0.1) is 0 Å². The lowest BCUT2D eigenvalue weighted by Crippen LogP contribution is -2.47. The lowest BCUT2D eigenvalue weighted by Gasteiger charge is -2.22. The molecule has 7 heteroatoms. The Kier molecular flexibility index (Phi) is 8.27. The molecule has 0 saturated heterocycles. The molecule has 1 heterocycles. The molecule has 0 radical (unpaired) electrons. The number of benzene rings is 1. The van der Waals surface area contributed by atoms with Gasteiger partial charge in [-0.3, -0.25) is 14.4 Å². The van der Waals surface area contributed by atoms with Crippen molar-refractivity contribution in [3.05, 3.63) is 47.5 Å². The highest BCUT2D eigenvalue weighted by atomic mass is 16.7. The highest BCUT2D eigenvalue weighted by Gasteiger charge is 2.24. The molecular weight excluding hydrogens is 336 g/mol. The number of ether oxygens (including phenoxy) is 2. The standard InChI is InChI=1S/C19H26N2O5/c1-21(24-2)19(23)17-10-5-6-11-25-12-7-13-26-14-15-8-3-4-9-16(15)18(22)20-17/h3-6,8-9,17H,7,10-14H2,1-2H3,(H,20,22)/t17-/m0/s1. The first-order valence-electron chi connectivity index (χ1n) is 8.64. The minimum Gasteiger partial charge on any atom is -0.377 e. The monoisotopic (exact) mass is 362 g/mol. The molecule has 0 aromatic heterocycles. The number of carbonyl (C=O) groups is 2. The molecule has 2 rings (SSSR count). The maximum atomic E-state index is 12.7. The van der Waals surface area contributed by atoms with Gasteiger partial charge in [0, 0.05) is 25.8 Å². The third kappa shape index (κ3) is 5.94. The number of hydrogen-bond acceptors (Lipinski definition) is 5. The summed E-state index contributed by atoms with van der Waals surface area (Å²) in [5, 5.41) is 3.91. The Morgan fingerprint density at radius 2 is 2.00 bits per heavy atom. The summed E-state index contributed by atoms with van der Waals surface area (Å²) in [5.74, 6) is -0.643. The third-order valence-electron chi connectivity index (χ3n) is 4.04. The predicted octanol–water partition coefficient (Wildman–Crippen LogP) is 1.69. The van der Waals surface area contributed by atoms with E-state index >= 15 is 0 Å². The van der Waals surface area contributed by atoms with E-state index < -0.39 is 6.04 Å². The van der Waals surface area contributed by atoms with E-state index in [0.717, 1.165) is 17.0 Å². The predicted molar refractivity (Wildman–Crippen MR) is 96.3 cm³/mol. The van der Waals surface area contributed by atoms with Crippen LogP contribution >= 0.6 is 0 Å². The van der Waals surface area contributed by atoms with Crippen LogP contribution in [0.1, 0.15) is 28.8 Å². The third-order valence-corrected chi connectivity index (χ3v) is 4.04. The summed E-state index contributed by atoms with van der Waals surface area (Å²) in [6.07, 6.45) is 4.80. The van der Waals surface area contributed by atoms with E-state index in [1.165, 1.54) is 14.2 Å². The second kappa shape index (κ2) is 10.7. The van der Waals surface area contributed by atoms with Crippen LogP contribution in [0.5, 0.6) is 0 Å². The molecule has 1 aliphatic rings. The zero-order chi connectivity index (χ0) is 18.8. The molecular formula is C19H26N2O5. The van der Waals surface area contributed by atoms with Crippen molar-refractivity contribution in [2.45, 2.75) is 25.5 Å². The fraction of sp³-hybridized carbons (Fsp3) is 0.474. The van der Waals surface area contributed by atoms with Crippen LogP contribution in [0.25, 0.3) is 0 Å². The van der Waals surface area contributed by atoms with Crippen LogP contribution in [-0.2, 0) is 25.7 Å². The molecule has 1 aliphatic heterocycles. The zero-order valence-corrected chi connectivity index (χ0v) is 15.3. The second-order valence-electron chi connectivity index (χ2n) is 5.89. The average molecular weight is 362 g/mol.